The van der Waals surface area contributed by atoms with Gasteiger partial charge in [-0.15, -0.1) is 23.7 Å². The van der Waals surface area contributed by atoms with Crippen LogP contribution in [0, 0.1) is 12.8 Å². The number of carbonyl (C=O) groups excluding carboxylic acids is 1. The van der Waals surface area contributed by atoms with E-state index >= 15 is 0 Å². The molecule has 1 unspecified atom stereocenters. The Kier molecular flexibility index (Phi) is 6.16. The van der Waals surface area contributed by atoms with Gasteiger partial charge >= 0.3 is 0 Å². The monoisotopic (exact) mass is 351 g/mol. The van der Waals surface area contributed by atoms with Crippen molar-refractivity contribution in [3.63, 3.8) is 0 Å². The zero-order valence-electron chi connectivity index (χ0n) is 13.4. The van der Waals surface area contributed by atoms with Gasteiger partial charge in [0.25, 0.3) is 5.91 Å². The van der Waals surface area contributed by atoms with Gasteiger partial charge in [-0.3, -0.25) is 4.79 Å². The number of nitrogens with one attached hydrogen (secondary N) is 1. The summed E-state index contributed by atoms with van der Waals surface area (Å²) in [7, 11) is 1.96. The fourth-order valence-corrected chi connectivity index (χ4v) is 3.83. The van der Waals surface area contributed by atoms with Crippen LogP contribution in [0.15, 0.2) is 29.6 Å². The number of rotatable bonds is 4. The standard InChI is InChI=1S/C17H21N3OS.ClH/c1-12-5-3-4-6-14(12)16-19-15(11-22-16)17(21)20-8-7-13(10-20)9-18-2;/h3-6,11,13,18H,7-10H2,1-2H3;1H. The predicted octanol–water partition coefficient (Wildman–Crippen LogP) is 3.22. The summed E-state index contributed by atoms with van der Waals surface area (Å²) in [4.78, 5) is 19.1. The number of thiazole rings is 1. The first-order valence-corrected chi connectivity index (χ1v) is 8.52. The Balaban J connectivity index is 0.00000192. The quantitative estimate of drug-likeness (QED) is 0.919. The Hall–Kier alpha value is -1.43. The van der Waals surface area contributed by atoms with Crippen LogP contribution in [0.25, 0.3) is 10.6 Å². The maximum absolute atomic E-state index is 12.6. The first kappa shape index (κ1) is 17.9. The number of aromatic nitrogens is 1. The number of amides is 1. The van der Waals surface area contributed by atoms with Gasteiger partial charge < -0.3 is 10.2 Å². The zero-order valence-corrected chi connectivity index (χ0v) is 15.0. The molecule has 0 saturated carbocycles. The molecule has 2 heterocycles. The highest BCUT2D eigenvalue weighted by Gasteiger charge is 2.27. The summed E-state index contributed by atoms with van der Waals surface area (Å²) >= 11 is 1.54. The van der Waals surface area contributed by atoms with Crippen molar-refractivity contribution in [3.8, 4) is 10.6 Å². The van der Waals surface area contributed by atoms with E-state index in [-0.39, 0.29) is 18.3 Å². The number of hydrogen-bond donors (Lipinski definition) is 1. The predicted molar refractivity (Wildman–Crippen MR) is 97.5 cm³/mol. The van der Waals surface area contributed by atoms with Crippen molar-refractivity contribution in [2.24, 2.45) is 5.92 Å². The molecule has 0 spiro atoms. The number of benzene rings is 1. The third-order valence-electron chi connectivity index (χ3n) is 4.16. The summed E-state index contributed by atoms with van der Waals surface area (Å²) < 4.78 is 0. The van der Waals surface area contributed by atoms with Gasteiger partial charge in [0.15, 0.2) is 0 Å². The van der Waals surface area contributed by atoms with E-state index in [0.717, 1.165) is 36.6 Å². The molecule has 124 valence electrons. The fraction of sp³-hybridized carbons (Fsp3) is 0.412. The van der Waals surface area contributed by atoms with E-state index in [2.05, 4.69) is 29.4 Å². The van der Waals surface area contributed by atoms with Crippen molar-refractivity contribution in [2.75, 3.05) is 26.7 Å². The smallest absolute Gasteiger partial charge is 0.273 e. The van der Waals surface area contributed by atoms with E-state index in [0.29, 0.717) is 11.6 Å². The molecule has 1 aliphatic heterocycles. The van der Waals surface area contributed by atoms with Crippen LogP contribution in [0.5, 0.6) is 0 Å². The molecule has 4 nitrogen and oxygen atoms in total. The van der Waals surface area contributed by atoms with Crippen molar-refractivity contribution in [3.05, 3.63) is 40.9 Å². The van der Waals surface area contributed by atoms with Crippen LogP contribution >= 0.6 is 23.7 Å². The molecule has 1 N–H and O–H groups in total. The van der Waals surface area contributed by atoms with Crippen LogP contribution in [0.3, 0.4) is 0 Å². The maximum Gasteiger partial charge on any atom is 0.273 e. The van der Waals surface area contributed by atoms with Gasteiger partial charge in [0.05, 0.1) is 0 Å². The van der Waals surface area contributed by atoms with Crippen molar-refractivity contribution < 1.29 is 4.79 Å². The SMILES string of the molecule is CNCC1CCN(C(=O)c2csc(-c3ccccc3C)n2)C1.Cl. The van der Waals surface area contributed by atoms with Gasteiger partial charge in [0.2, 0.25) is 0 Å². The lowest BCUT2D eigenvalue weighted by molar-refractivity contribution is 0.0782. The molecule has 2 aromatic rings. The number of aryl methyl sites for hydroxylation is 1. The number of hydrogen-bond acceptors (Lipinski definition) is 4. The second kappa shape index (κ2) is 7.90. The van der Waals surface area contributed by atoms with E-state index < -0.39 is 0 Å². The molecule has 1 aromatic heterocycles. The van der Waals surface area contributed by atoms with Crippen LogP contribution in [0.2, 0.25) is 0 Å². The summed E-state index contributed by atoms with van der Waals surface area (Å²) in [6.07, 6.45) is 1.07. The first-order valence-electron chi connectivity index (χ1n) is 7.64. The van der Waals surface area contributed by atoms with Crippen molar-refractivity contribution >= 4 is 29.7 Å². The Labute approximate surface area is 147 Å². The lowest BCUT2D eigenvalue weighted by Gasteiger charge is -2.15. The van der Waals surface area contributed by atoms with E-state index in [1.807, 2.05) is 29.5 Å². The summed E-state index contributed by atoms with van der Waals surface area (Å²) in [5.74, 6) is 0.623. The molecular formula is C17H22ClN3OS. The summed E-state index contributed by atoms with van der Waals surface area (Å²) in [6, 6.07) is 8.15. The molecule has 1 saturated heterocycles. The zero-order chi connectivity index (χ0) is 15.5. The molecule has 3 rings (SSSR count). The summed E-state index contributed by atoms with van der Waals surface area (Å²) in [6.45, 7) is 4.70. The molecule has 1 atom stereocenters. The van der Waals surface area contributed by atoms with Crippen molar-refractivity contribution in [2.45, 2.75) is 13.3 Å². The van der Waals surface area contributed by atoms with Gasteiger partial charge in [-0.2, -0.15) is 0 Å². The average Bonchev–Trinajstić information content (AvgIpc) is 3.17. The highest BCUT2D eigenvalue weighted by Crippen LogP contribution is 2.27. The van der Waals surface area contributed by atoms with Gasteiger partial charge in [0.1, 0.15) is 10.7 Å². The normalized spacial score (nSPS) is 17.1. The topological polar surface area (TPSA) is 45.2 Å². The molecule has 0 radical (unpaired) electrons. The van der Waals surface area contributed by atoms with E-state index in [1.165, 1.54) is 5.56 Å². The second-order valence-electron chi connectivity index (χ2n) is 5.82. The maximum atomic E-state index is 12.6. The van der Waals surface area contributed by atoms with Gasteiger partial charge in [-0.05, 0) is 38.4 Å². The third-order valence-corrected chi connectivity index (χ3v) is 5.04. The van der Waals surface area contributed by atoms with Crippen LogP contribution in [-0.4, -0.2) is 42.5 Å². The molecule has 23 heavy (non-hydrogen) atoms. The lowest BCUT2D eigenvalue weighted by Crippen LogP contribution is -2.30. The molecule has 6 heteroatoms. The van der Waals surface area contributed by atoms with Crippen LogP contribution in [0.1, 0.15) is 22.5 Å². The molecule has 1 fully saturated rings. The number of likely N-dealkylation sites (tertiary alicyclic amines) is 1. The van der Waals surface area contributed by atoms with Crippen LogP contribution < -0.4 is 5.32 Å². The Bertz CT molecular complexity index is 673. The second-order valence-corrected chi connectivity index (χ2v) is 6.67. The molecule has 0 bridgehead atoms. The molecule has 0 aliphatic carbocycles. The highest BCUT2D eigenvalue weighted by atomic mass is 35.5. The van der Waals surface area contributed by atoms with Gasteiger partial charge in [0, 0.05) is 24.0 Å². The largest absolute Gasteiger partial charge is 0.337 e. The third kappa shape index (κ3) is 3.91. The Morgan fingerprint density at radius 2 is 2.22 bits per heavy atom. The van der Waals surface area contributed by atoms with E-state index in [9.17, 15) is 4.79 Å². The average molecular weight is 352 g/mol. The van der Waals surface area contributed by atoms with Crippen LogP contribution in [0.4, 0.5) is 0 Å². The van der Waals surface area contributed by atoms with Gasteiger partial charge in [-0.25, -0.2) is 4.98 Å². The first-order chi connectivity index (χ1) is 10.7. The summed E-state index contributed by atoms with van der Waals surface area (Å²) in [5.41, 5.74) is 2.88. The minimum absolute atomic E-state index is 0. The van der Waals surface area contributed by atoms with Crippen LogP contribution in [-0.2, 0) is 0 Å². The van der Waals surface area contributed by atoms with Crippen molar-refractivity contribution in [1.29, 1.82) is 0 Å². The van der Waals surface area contributed by atoms with E-state index in [1.54, 1.807) is 11.3 Å². The van der Waals surface area contributed by atoms with Gasteiger partial charge in [-0.1, -0.05) is 24.3 Å². The molecule has 1 amide bonds. The Morgan fingerprint density at radius 1 is 1.43 bits per heavy atom. The minimum atomic E-state index is 0. The van der Waals surface area contributed by atoms with E-state index in [4.69, 9.17) is 0 Å². The number of nitrogens with zero attached hydrogens (tertiary/aromatic N) is 2. The number of halogens is 1. The molecule has 1 aromatic carbocycles. The molecule has 1 aliphatic rings. The molecular weight excluding hydrogens is 330 g/mol. The van der Waals surface area contributed by atoms with Crippen molar-refractivity contribution in [1.82, 2.24) is 15.2 Å². The number of carbonyl (C=O) groups is 1. The minimum Gasteiger partial charge on any atom is -0.337 e. The summed E-state index contributed by atoms with van der Waals surface area (Å²) in [5, 5.41) is 6.00. The Morgan fingerprint density at radius 3 is 2.96 bits per heavy atom. The fourth-order valence-electron chi connectivity index (χ4n) is 2.94. The lowest BCUT2D eigenvalue weighted by atomic mass is 10.1. The highest BCUT2D eigenvalue weighted by molar-refractivity contribution is 7.13.